The van der Waals surface area contributed by atoms with Crippen molar-refractivity contribution in [3.8, 4) is 0 Å². The number of rotatable bonds is 0. The van der Waals surface area contributed by atoms with Crippen molar-refractivity contribution in [2.45, 2.75) is 38.5 Å². The molecule has 1 aliphatic carbocycles. The van der Waals surface area contributed by atoms with E-state index in [2.05, 4.69) is 0 Å². The van der Waals surface area contributed by atoms with Crippen LogP contribution in [0.15, 0.2) is 0 Å². The highest BCUT2D eigenvalue weighted by atomic mass is 31.2. The molecule has 0 heterocycles. The van der Waals surface area contributed by atoms with Crippen LogP contribution < -0.4 is 0 Å². The van der Waals surface area contributed by atoms with Gasteiger partial charge in [0.1, 0.15) is 0 Å². The molecule has 1 aliphatic rings. The number of hydrogen-bond donors (Lipinski definition) is 3. The Balaban J connectivity index is 0.000000180. The Morgan fingerprint density at radius 1 is 0.600 bits per heavy atom. The summed E-state index contributed by atoms with van der Waals surface area (Å²) in [5.41, 5.74) is 0. The van der Waals surface area contributed by atoms with Crippen LogP contribution in [-0.2, 0) is 0 Å². The van der Waals surface area contributed by atoms with Crippen molar-refractivity contribution in [2.24, 2.45) is 0 Å². The Morgan fingerprint density at radius 3 is 0.800 bits per heavy atom. The van der Waals surface area contributed by atoms with Crippen LogP contribution in [0.3, 0.4) is 0 Å². The Morgan fingerprint density at radius 2 is 0.700 bits per heavy atom. The fourth-order valence-electron chi connectivity index (χ4n) is 1.06. The van der Waals surface area contributed by atoms with E-state index in [1.165, 1.54) is 38.5 Å². The predicted molar refractivity (Wildman–Crippen MR) is 41.3 cm³/mol. The quantitative estimate of drug-likeness (QED) is 0.478. The van der Waals surface area contributed by atoms with Crippen LogP contribution in [0.5, 0.6) is 0 Å². The minimum Gasteiger partial charge on any atom is -0.328 e. The molecule has 62 valence electrons. The zero-order chi connectivity index (χ0) is 7.82. The third-order valence-electron chi connectivity index (χ3n) is 1.50. The molecule has 0 aromatic carbocycles. The summed E-state index contributed by atoms with van der Waals surface area (Å²) in [5, 5.41) is 0. The lowest BCUT2D eigenvalue weighted by Crippen LogP contribution is -1.85. The minimum absolute atomic E-state index is 1.50. The molecule has 3 N–H and O–H groups in total. The van der Waals surface area contributed by atoms with E-state index in [1.807, 2.05) is 0 Å². The van der Waals surface area contributed by atoms with E-state index in [4.69, 9.17) is 14.7 Å². The summed E-state index contributed by atoms with van der Waals surface area (Å²) in [6.07, 6.45) is 9.00. The summed E-state index contributed by atoms with van der Waals surface area (Å²) in [7, 11) is -2.62. The Hall–Kier alpha value is 0.310. The molecule has 3 nitrogen and oxygen atoms in total. The summed E-state index contributed by atoms with van der Waals surface area (Å²) < 4.78 is 0. The second kappa shape index (κ2) is 7.42. The van der Waals surface area contributed by atoms with Crippen molar-refractivity contribution < 1.29 is 14.7 Å². The highest BCUT2D eigenvalue weighted by molar-refractivity contribution is 7.38. The van der Waals surface area contributed by atoms with Gasteiger partial charge in [0.05, 0.1) is 0 Å². The van der Waals surface area contributed by atoms with Crippen molar-refractivity contribution in [2.75, 3.05) is 0 Å². The smallest absolute Gasteiger partial charge is 0.324 e. The second-order valence-electron chi connectivity index (χ2n) is 2.39. The SMILES string of the molecule is C1CCCCC1.OP(O)O. The maximum atomic E-state index is 7.23. The van der Waals surface area contributed by atoms with Crippen molar-refractivity contribution in [1.29, 1.82) is 0 Å². The van der Waals surface area contributed by atoms with Crippen LogP contribution in [0.1, 0.15) is 38.5 Å². The maximum absolute atomic E-state index is 7.23. The molecule has 1 rings (SSSR count). The van der Waals surface area contributed by atoms with Crippen LogP contribution in [0.25, 0.3) is 0 Å². The Bertz CT molecular complexity index is 49.7. The van der Waals surface area contributed by atoms with Gasteiger partial charge < -0.3 is 14.7 Å². The number of hydrogen-bond acceptors (Lipinski definition) is 3. The van der Waals surface area contributed by atoms with E-state index in [0.717, 1.165) is 0 Å². The van der Waals surface area contributed by atoms with Crippen LogP contribution in [0, 0.1) is 0 Å². The molecule has 0 radical (unpaired) electrons. The molecule has 0 bridgehead atoms. The normalized spacial score (nSPS) is 18.0. The molecule has 10 heavy (non-hydrogen) atoms. The first-order chi connectivity index (χ1) is 4.73. The average Bonchev–Trinajstić information content (AvgIpc) is 1.90. The van der Waals surface area contributed by atoms with E-state index >= 15 is 0 Å². The molecule has 1 saturated carbocycles. The first-order valence-electron chi connectivity index (χ1n) is 3.60. The van der Waals surface area contributed by atoms with Gasteiger partial charge >= 0.3 is 8.60 Å². The third-order valence-corrected chi connectivity index (χ3v) is 1.50. The first kappa shape index (κ1) is 10.3. The summed E-state index contributed by atoms with van der Waals surface area (Å²) in [6.45, 7) is 0. The minimum atomic E-state index is -2.62. The van der Waals surface area contributed by atoms with Crippen molar-refractivity contribution in [3.05, 3.63) is 0 Å². The monoisotopic (exact) mass is 166 g/mol. The average molecular weight is 166 g/mol. The molecule has 4 heteroatoms. The zero-order valence-corrected chi connectivity index (χ0v) is 6.93. The summed E-state index contributed by atoms with van der Waals surface area (Å²) >= 11 is 0. The first-order valence-corrected chi connectivity index (χ1v) is 4.80. The lowest BCUT2D eigenvalue weighted by molar-refractivity contribution is 0.368. The van der Waals surface area contributed by atoms with E-state index in [1.54, 1.807) is 0 Å². The summed E-state index contributed by atoms with van der Waals surface area (Å²) in [5.74, 6) is 0. The van der Waals surface area contributed by atoms with E-state index < -0.39 is 8.60 Å². The van der Waals surface area contributed by atoms with Crippen molar-refractivity contribution in [1.82, 2.24) is 0 Å². The second-order valence-corrected chi connectivity index (χ2v) is 2.93. The largest absolute Gasteiger partial charge is 0.328 e. The van der Waals surface area contributed by atoms with Crippen molar-refractivity contribution in [3.63, 3.8) is 0 Å². The maximum Gasteiger partial charge on any atom is 0.324 e. The molecular formula is C6H15O3P. The van der Waals surface area contributed by atoms with E-state index in [-0.39, 0.29) is 0 Å². The van der Waals surface area contributed by atoms with Gasteiger partial charge in [-0.1, -0.05) is 38.5 Å². The summed E-state index contributed by atoms with van der Waals surface area (Å²) in [4.78, 5) is 21.7. The van der Waals surface area contributed by atoms with Gasteiger partial charge in [0, 0.05) is 0 Å². The molecule has 0 aromatic heterocycles. The van der Waals surface area contributed by atoms with Gasteiger partial charge in [0.25, 0.3) is 0 Å². The van der Waals surface area contributed by atoms with E-state index in [9.17, 15) is 0 Å². The fourth-order valence-corrected chi connectivity index (χ4v) is 1.06. The molecule has 0 saturated heterocycles. The summed E-state index contributed by atoms with van der Waals surface area (Å²) in [6, 6.07) is 0. The highest BCUT2D eigenvalue weighted by Crippen LogP contribution is 2.15. The molecule has 0 atom stereocenters. The van der Waals surface area contributed by atoms with Gasteiger partial charge in [-0.3, -0.25) is 0 Å². The van der Waals surface area contributed by atoms with Gasteiger partial charge in [-0.15, -0.1) is 0 Å². The highest BCUT2D eigenvalue weighted by Gasteiger charge is 1.95. The fraction of sp³-hybridized carbons (Fsp3) is 1.00. The molecule has 0 amide bonds. The Kier molecular flexibility index (Phi) is 7.65. The Labute approximate surface area is 62.7 Å². The zero-order valence-electron chi connectivity index (χ0n) is 6.03. The molecule has 0 aromatic rings. The van der Waals surface area contributed by atoms with Gasteiger partial charge in [0.2, 0.25) is 0 Å². The molecular weight excluding hydrogens is 151 g/mol. The standard InChI is InChI=1S/C6H12.H3O3P/c1-2-4-6-5-3-1;1-4(2)3/h1-6H2;1-3H. The molecule has 0 aliphatic heterocycles. The van der Waals surface area contributed by atoms with Gasteiger partial charge in [-0.2, -0.15) is 0 Å². The van der Waals surface area contributed by atoms with Crippen LogP contribution in [0.2, 0.25) is 0 Å². The van der Waals surface area contributed by atoms with Crippen LogP contribution in [-0.4, -0.2) is 14.7 Å². The topological polar surface area (TPSA) is 60.7 Å². The molecule has 0 spiro atoms. The van der Waals surface area contributed by atoms with Gasteiger partial charge in [0.15, 0.2) is 0 Å². The molecule has 0 unspecified atom stereocenters. The lowest BCUT2D eigenvalue weighted by Gasteiger charge is -2.05. The third kappa shape index (κ3) is 11.2. The van der Waals surface area contributed by atoms with E-state index in [0.29, 0.717) is 0 Å². The van der Waals surface area contributed by atoms with Gasteiger partial charge in [-0.25, -0.2) is 0 Å². The predicted octanol–water partition coefficient (Wildman–Crippen LogP) is 1.53. The van der Waals surface area contributed by atoms with Gasteiger partial charge in [-0.05, 0) is 0 Å². The van der Waals surface area contributed by atoms with Crippen LogP contribution >= 0.6 is 8.60 Å². The molecule has 1 fully saturated rings. The van der Waals surface area contributed by atoms with Crippen molar-refractivity contribution >= 4 is 8.60 Å². The van der Waals surface area contributed by atoms with Crippen LogP contribution in [0.4, 0.5) is 0 Å². The lowest BCUT2D eigenvalue weighted by atomic mass is 10.0.